The number of hydrogen-bond donors (Lipinski definition) is 0. The lowest BCUT2D eigenvalue weighted by Gasteiger charge is -2.09. The Morgan fingerprint density at radius 1 is 1.32 bits per heavy atom. The zero-order chi connectivity index (χ0) is 14.3. The second kappa shape index (κ2) is 7.56. The SMILES string of the molecule is C=C(CC)COc1ccc(C(CC)=NOC)c(F)c1. The van der Waals surface area contributed by atoms with Crippen LogP contribution in [0.1, 0.15) is 32.3 Å². The molecule has 19 heavy (non-hydrogen) atoms. The maximum atomic E-state index is 14.0. The number of oxime groups is 1. The van der Waals surface area contributed by atoms with Crippen molar-refractivity contribution in [2.45, 2.75) is 26.7 Å². The van der Waals surface area contributed by atoms with E-state index in [1.54, 1.807) is 12.1 Å². The summed E-state index contributed by atoms with van der Waals surface area (Å²) in [7, 11) is 1.45. The highest BCUT2D eigenvalue weighted by Crippen LogP contribution is 2.19. The summed E-state index contributed by atoms with van der Waals surface area (Å²) in [5.41, 5.74) is 1.98. The minimum atomic E-state index is -0.364. The molecule has 0 spiro atoms. The molecule has 104 valence electrons. The van der Waals surface area contributed by atoms with Gasteiger partial charge in [-0.3, -0.25) is 0 Å². The van der Waals surface area contributed by atoms with Crippen LogP contribution < -0.4 is 4.74 Å². The Morgan fingerprint density at radius 2 is 2.05 bits per heavy atom. The first-order valence-corrected chi connectivity index (χ1v) is 6.31. The average Bonchev–Trinajstić information content (AvgIpc) is 2.42. The van der Waals surface area contributed by atoms with E-state index in [1.165, 1.54) is 13.2 Å². The number of nitrogens with zero attached hydrogens (tertiary/aromatic N) is 1. The zero-order valence-corrected chi connectivity index (χ0v) is 11.7. The summed E-state index contributed by atoms with van der Waals surface area (Å²) >= 11 is 0. The molecule has 0 unspecified atom stereocenters. The van der Waals surface area contributed by atoms with E-state index in [9.17, 15) is 4.39 Å². The molecule has 0 aliphatic rings. The van der Waals surface area contributed by atoms with Gasteiger partial charge in [-0.1, -0.05) is 25.6 Å². The summed E-state index contributed by atoms with van der Waals surface area (Å²) in [6.45, 7) is 8.14. The fourth-order valence-electron chi connectivity index (χ4n) is 1.52. The molecule has 1 aromatic carbocycles. The molecule has 0 saturated heterocycles. The van der Waals surface area contributed by atoms with E-state index in [2.05, 4.69) is 11.7 Å². The lowest BCUT2D eigenvalue weighted by atomic mass is 10.1. The Hall–Kier alpha value is -1.84. The van der Waals surface area contributed by atoms with Crippen LogP contribution in [0.4, 0.5) is 4.39 Å². The van der Waals surface area contributed by atoms with E-state index < -0.39 is 0 Å². The van der Waals surface area contributed by atoms with Crippen molar-refractivity contribution in [2.75, 3.05) is 13.7 Å². The second-order valence-corrected chi connectivity index (χ2v) is 4.11. The van der Waals surface area contributed by atoms with E-state index in [0.717, 1.165) is 12.0 Å². The third-order valence-electron chi connectivity index (χ3n) is 2.73. The second-order valence-electron chi connectivity index (χ2n) is 4.11. The van der Waals surface area contributed by atoms with Gasteiger partial charge < -0.3 is 9.57 Å². The highest BCUT2D eigenvalue weighted by molar-refractivity contribution is 6.00. The van der Waals surface area contributed by atoms with Gasteiger partial charge in [0, 0.05) is 11.6 Å². The van der Waals surface area contributed by atoms with Crippen LogP contribution >= 0.6 is 0 Å². The smallest absolute Gasteiger partial charge is 0.136 e. The fourth-order valence-corrected chi connectivity index (χ4v) is 1.52. The third-order valence-corrected chi connectivity index (χ3v) is 2.73. The number of ether oxygens (including phenoxy) is 1. The first-order valence-electron chi connectivity index (χ1n) is 6.31. The van der Waals surface area contributed by atoms with Crippen molar-refractivity contribution in [1.29, 1.82) is 0 Å². The predicted molar refractivity (Wildman–Crippen MR) is 75.2 cm³/mol. The van der Waals surface area contributed by atoms with E-state index >= 15 is 0 Å². The first kappa shape index (κ1) is 15.2. The molecule has 0 aromatic heterocycles. The molecule has 4 heteroatoms. The fraction of sp³-hybridized carbons (Fsp3) is 0.400. The van der Waals surface area contributed by atoms with E-state index in [4.69, 9.17) is 9.57 Å². The molecule has 0 aliphatic carbocycles. The molecule has 0 heterocycles. The van der Waals surface area contributed by atoms with Gasteiger partial charge in [-0.15, -0.1) is 0 Å². The largest absolute Gasteiger partial charge is 0.489 e. The molecule has 3 nitrogen and oxygen atoms in total. The molecule has 0 N–H and O–H groups in total. The van der Waals surface area contributed by atoms with Crippen LogP contribution in [0.25, 0.3) is 0 Å². The Morgan fingerprint density at radius 3 is 2.58 bits per heavy atom. The Bertz CT molecular complexity index is 469. The predicted octanol–water partition coefficient (Wildman–Crippen LogP) is 3.93. The van der Waals surface area contributed by atoms with Crippen molar-refractivity contribution in [3.8, 4) is 5.75 Å². The molecule has 0 aliphatic heterocycles. The van der Waals surface area contributed by atoms with Gasteiger partial charge in [-0.25, -0.2) is 4.39 Å². The summed E-state index contributed by atoms with van der Waals surface area (Å²) < 4.78 is 19.4. The highest BCUT2D eigenvalue weighted by Gasteiger charge is 2.10. The van der Waals surface area contributed by atoms with Gasteiger partial charge in [0.25, 0.3) is 0 Å². The molecular weight excluding hydrogens is 245 g/mol. The Kier molecular flexibility index (Phi) is 6.06. The monoisotopic (exact) mass is 265 g/mol. The maximum absolute atomic E-state index is 14.0. The summed E-state index contributed by atoms with van der Waals surface area (Å²) in [6.07, 6.45) is 1.44. The lowest BCUT2D eigenvalue weighted by molar-refractivity contribution is 0.213. The quantitative estimate of drug-likeness (QED) is 0.425. The number of rotatable bonds is 7. The number of hydrogen-bond acceptors (Lipinski definition) is 3. The molecule has 0 radical (unpaired) electrons. The van der Waals surface area contributed by atoms with Gasteiger partial charge in [0.05, 0.1) is 5.71 Å². The Labute approximate surface area is 113 Å². The van der Waals surface area contributed by atoms with Crippen LogP contribution in [0.5, 0.6) is 5.75 Å². The minimum Gasteiger partial charge on any atom is -0.489 e. The van der Waals surface area contributed by atoms with Gasteiger partial charge >= 0.3 is 0 Å². The van der Waals surface area contributed by atoms with Gasteiger partial charge in [-0.05, 0) is 30.5 Å². The van der Waals surface area contributed by atoms with Crippen LogP contribution in [0.2, 0.25) is 0 Å². The van der Waals surface area contributed by atoms with Crippen molar-refractivity contribution < 1.29 is 14.0 Å². The molecule has 1 aromatic rings. The van der Waals surface area contributed by atoms with E-state index in [-0.39, 0.29) is 5.82 Å². The van der Waals surface area contributed by atoms with Crippen LogP contribution in [-0.2, 0) is 4.84 Å². The molecule has 0 saturated carbocycles. The summed E-state index contributed by atoms with van der Waals surface area (Å²) in [6, 6.07) is 4.74. The highest BCUT2D eigenvalue weighted by atomic mass is 19.1. The van der Waals surface area contributed by atoms with Crippen LogP contribution in [0, 0.1) is 5.82 Å². The standard InChI is InChI=1S/C15H20FNO2/c1-5-11(3)10-19-12-7-8-13(14(16)9-12)15(6-2)17-18-4/h7-9H,3,5-6,10H2,1-2,4H3. The topological polar surface area (TPSA) is 30.8 Å². The van der Waals surface area contributed by atoms with E-state index in [0.29, 0.717) is 30.1 Å². The van der Waals surface area contributed by atoms with Crippen molar-refractivity contribution in [3.05, 3.63) is 41.7 Å². The van der Waals surface area contributed by atoms with Crippen molar-refractivity contribution in [1.82, 2.24) is 0 Å². The molecule has 0 amide bonds. The molecule has 0 bridgehead atoms. The average molecular weight is 265 g/mol. The van der Waals surface area contributed by atoms with Crippen molar-refractivity contribution in [3.63, 3.8) is 0 Å². The minimum absolute atomic E-state index is 0.364. The molecule has 0 atom stereocenters. The normalized spacial score (nSPS) is 11.3. The van der Waals surface area contributed by atoms with Crippen molar-refractivity contribution >= 4 is 5.71 Å². The number of benzene rings is 1. The summed E-state index contributed by atoms with van der Waals surface area (Å²) in [4.78, 5) is 4.71. The lowest BCUT2D eigenvalue weighted by Crippen LogP contribution is -2.05. The van der Waals surface area contributed by atoms with Gasteiger partial charge in [0.15, 0.2) is 0 Å². The molecule has 0 fully saturated rings. The van der Waals surface area contributed by atoms with Crippen molar-refractivity contribution in [2.24, 2.45) is 5.16 Å². The first-order chi connectivity index (χ1) is 9.12. The molecule has 1 rings (SSSR count). The van der Waals surface area contributed by atoms with Gasteiger partial charge in [-0.2, -0.15) is 0 Å². The van der Waals surface area contributed by atoms with Crippen LogP contribution in [0.3, 0.4) is 0 Å². The molecular formula is C15H20FNO2. The van der Waals surface area contributed by atoms with Gasteiger partial charge in [0.2, 0.25) is 0 Å². The summed E-state index contributed by atoms with van der Waals surface area (Å²) in [5, 5.41) is 3.81. The van der Waals surface area contributed by atoms with E-state index in [1.807, 2.05) is 13.8 Å². The zero-order valence-electron chi connectivity index (χ0n) is 11.7. The number of halogens is 1. The summed E-state index contributed by atoms with van der Waals surface area (Å²) in [5.74, 6) is 0.126. The van der Waals surface area contributed by atoms with Crippen LogP contribution in [0.15, 0.2) is 35.5 Å². The van der Waals surface area contributed by atoms with Gasteiger partial charge in [0.1, 0.15) is 25.3 Å². The Balaban J connectivity index is 2.85. The maximum Gasteiger partial charge on any atom is 0.136 e. The van der Waals surface area contributed by atoms with Crippen LogP contribution in [-0.4, -0.2) is 19.4 Å². The third kappa shape index (κ3) is 4.39.